The van der Waals surface area contributed by atoms with Gasteiger partial charge in [-0.25, -0.2) is 0 Å². The Balaban J connectivity index is 2.00. The molecule has 0 radical (unpaired) electrons. The second kappa shape index (κ2) is 5.10. The monoisotopic (exact) mass is 277 g/mol. The zero-order valence-corrected chi connectivity index (χ0v) is 12.8. The van der Waals surface area contributed by atoms with Crippen molar-refractivity contribution < 1.29 is 0 Å². The molecule has 19 heavy (non-hydrogen) atoms. The van der Waals surface area contributed by atoms with Gasteiger partial charge in [-0.05, 0) is 49.4 Å². The zero-order chi connectivity index (χ0) is 13.5. The fourth-order valence-corrected chi connectivity index (χ4v) is 4.35. The van der Waals surface area contributed by atoms with Gasteiger partial charge in [0.1, 0.15) is 0 Å². The lowest BCUT2D eigenvalue weighted by Crippen LogP contribution is -2.38. The van der Waals surface area contributed by atoms with Gasteiger partial charge in [0.05, 0.1) is 0 Å². The van der Waals surface area contributed by atoms with Gasteiger partial charge in [-0.2, -0.15) is 0 Å². The fraction of sp³-hybridized carbons (Fsp3) is 0.647. The standard InChI is InChI=1S/C17H24ClN/c1-3-19-11-15-6-4-5-9-17(15,12-19)14-7-8-16(18)13(2)10-14/h7-8,10,15H,3-6,9,11-12H2,1-2H3/t15-,17+/m1/s1. The molecule has 2 atom stereocenters. The molecule has 0 N–H and O–H groups in total. The third kappa shape index (κ3) is 2.21. The molecule has 1 aliphatic carbocycles. The summed E-state index contributed by atoms with van der Waals surface area (Å²) in [5.74, 6) is 0.849. The molecule has 104 valence electrons. The van der Waals surface area contributed by atoms with Crippen LogP contribution in [0.5, 0.6) is 0 Å². The smallest absolute Gasteiger partial charge is 0.0435 e. The van der Waals surface area contributed by atoms with Gasteiger partial charge in [0, 0.05) is 23.5 Å². The van der Waals surface area contributed by atoms with E-state index < -0.39 is 0 Å². The average molecular weight is 278 g/mol. The predicted molar refractivity (Wildman–Crippen MR) is 81.9 cm³/mol. The summed E-state index contributed by atoms with van der Waals surface area (Å²) in [6, 6.07) is 6.73. The molecule has 3 rings (SSSR count). The van der Waals surface area contributed by atoms with E-state index in [1.807, 2.05) is 0 Å². The van der Waals surface area contributed by atoms with Crippen LogP contribution in [-0.4, -0.2) is 24.5 Å². The number of nitrogens with zero attached hydrogens (tertiary/aromatic N) is 1. The SMILES string of the molecule is CCN1C[C@H]2CCCC[C@@]2(c2ccc(Cl)c(C)c2)C1. The minimum atomic E-state index is 0.406. The number of likely N-dealkylation sites (tertiary alicyclic amines) is 1. The van der Waals surface area contributed by atoms with Crippen molar-refractivity contribution in [2.75, 3.05) is 19.6 Å². The van der Waals surface area contributed by atoms with Gasteiger partial charge in [-0.1, -0.05) is 43.5 Å². The Kier molecular flexibility index (Phi) is 3.61. The second-order valence-corrected chi connectivity index (χ2v) is 6.80. The van der Waals surface area contributed by atoms with Crippen LogP contribution in [0.4, 0.5) is 0 Å². The summed E-state index contributed by atoms with van der Waals surface area (Å²) < 4.78 is 0. The van der Waals surface area contributed by atoms with Crippen LogP contribution in [0.1, 0.15) is 43.7 Å². The van der Waals surface area contributed by atoms with Crippen molar-refractivity contribution in [3.63, 3.8) is 0 Å². The minimum Gasteiger partial charge on any atom is -0.302 e. The molecule has 2 heteroatoms. The number of aryl methyl sites for hydroxylation is 1. The number of likely N-dealkylation sites (N-methyl/N-ethyl adjacent to an activating group) is 1. The highest BCUT2D eigenvalue weighted by Crippen LogP contribution is 2.48. The normalized spacial score (nSPS) is 31.4. The van der Waals surface area contributed by atoms with Gasteiger partial charge in [-0.3, -0.25) is 0 Å². The van der Waals surface area contributed by atoms with E-state index in [4.69, 9.17) is 11.6 Å². The molecule has 0 amide bonds. The second-order valence-electron chi connectivity index (χ2n) is 6.39. The highest BCUT2D eigenvalue weighted by atomic mass is 35.5. The molecule has 0 aromatic heterocycles. The molecule has 0 spiro atoms. The molecule has 1 aromatic carbocycles. The summed E-state index contributed by atoms with van der Waals surface area (Å²) in [4.78, 5) is 2.64. The van der Waals surface area contributed by atoms with Crippen LogP contribution < -0.4 is 0 Å². The number of hydrogen-bond acceptors (Lipinski definition) is 1. The summed E-state index contributed by atoms with van der Waals surface area (Å²) in [5.41, 5.74) is 3.17. The summed E-state index contributed by atoms with van der Waals surface area (Å²) in [7, 11) is 0. The average Bonchev–Trinajstić information content (AvgIpc) is 2.81. The summed E-state index contributed by atoms with van der Waals surface area (Å²) in [6.45, 7) is 8.14. The van der Waals surface area contributed by atoms with Gasteiger partial charge in [0.2, 0.25) is 0 Å². The lowest BCUT2D eigenvalue weighted by atomic mass is 9.64. The zero-order valence-electron chi connectivity index (χ0n) is 12.1. The highest BCUT2D eigenvalue weighted by molar-refractivity contribution is 6.31. The Morgan fingerprint density at radius 2 is 2.21 bits per heavy atom. The third-order valence-electron chi connectivity index (χ3n) is 5.37. The van der Waals surface area contributed by atoms with E-state index in [1.165, 1.54) is 56.4 Å². The lowest BCUT2D eigenvalue weighted by Gasteiger charge is -2.39. The van der Waals surface area contributed by atoms with Gasteiger partial charge in [0.25, 0.3) is 0 Å². The van der Waals surface area contributed by atoms with Gasteiger partial charge in [-0.15, -0.1) is 0 Å². The van der Waals surface area contributed by atoms with Crippen LogP contribution in [0.15, 0.2) is 18.2 Å². The van der Waals surface area contributed by atoms with Crippen molar-refractivity contribution in [1.29, 1.82) is 0 Å². The van der Waals surface area contributed by atoms with Crippen molar-refractivity contribution in [3.8, 4) is 0 Å². The summed E-state index contributed by atoms with van der Waals surface area (Å²) >= 11 is 6.21. The number of halogens is 1. The molecule has 1 saturated heterocycles. The predicted octanol–water partition coefficient (Wildman–Crippen LogP) is 4.41. The molecule has 2 aliphatic rings. The van der Waals surface area contributed by atoms with Crippen molar-refractivity contribution >= 4 is 11.6 Å². The van der Waals surface area contributed by atoms with Crippen LogP contribution in [0, 0.1) is 12.8 Å². The molecule has 1 saturated carbocycles. The van der Waals surface area contributed by atoms with Crippen LogP contribution >= 0.6 is 11.6 Å². The first-order valence-corrected chi connectivity index (χ1v) is 8.02. The van der Waals surface area contributed by atoms with E-state index in [-0.39, 0.29) is 0 Å². The molecule has 2 fully saturated rings. The Bertz CT molecular complexity index is 470. The Hall–Kier alpha value is -0.530. The van der Waals surface area contributed by atoms with Crippen molar-refractivity contribution in [2.24, 2.45) is 5.92 Å². The maximum atomic E-state index is 6.21. The fourth-order valence-electron chi connectivity index (χ4n) is 4.23. The van der Waals surface area contributed by atoms with Crippen LogP contribution in [0.3, 0.4) is 0 Å². The Labute approximate surface area is 121 Å². The first-order valence-electron chi connectivity index (χ1n) is 7.65. The first kappa shape index (κ1) is 13.5. The van der Waals surface area contributed by atoms with Gasteiger partial charge >= 0.3 is 0 Å². The molecular formula is C17H24ClN. The van der Waals surface area contributed by atoms with Crippen molar-refractivity contribution in [1.82, 2.24) is 4.90 Å². The maximum Gasteiger partial charge on any atom is 0.0435 e. The number of hydrogen-bond donors (Lipinski definition) is 0. The molecule has 1 nitrogen and oxygen atoms in total. The third-order valence-corrected chi connectivity index (χ3v) is 5.80. The molecule has 0 bridgehead atoms. The Morgan fingerprint density at radius 1 is 1.37 bits per heavy atom. The maximum absolute atomic E-state index is 6.21. The summed E-state index contributed by atoms with van der Waals surface area (Å²) in [6.07, 6.45) is 5.56. The molecule has 1 aliphatic heterocycles. The van der Waals surface area contributed by atoms with Gasteiger partial charge < -0.3 is 4.90 Å². The summed E-state index contributed by atoms with van der Waals surface area (Å²) in [5, 5.41) is 0.901. The van der Waals surface area contributed by atoms with E-state index in [0.29, 0.717) is 5.41 Å². The molecule has 1 heterocycles. The first-order chi connectivity index (χ1) is 9.15. The minimum absolute atomic E-state index is 0.406. The van der Waals surface area contributed by atoms with E-state index >= 15 is 0 Å². The number of fused-ring (bicyclic) bond motifs is 1. The van der Waals surface area contributed by atoms with E-state index in [1.54, 1.807) is 0 Å². The van der Waals surface area contributed by atoms with Crippen LogP contribution in [-0.2, 0) is 5.41 Å². The topological polar surface area (TPSA) is 3.24 Å². The van der Waals surface area contributed by atoms with E-state index in [2.05, 4.69) is 36.9 Å². The van der Waals surface area contributed by atoms with Crippen molar-refractivity contribution in [3.05, 3.63) is 34.3 Å². The number of benzene rings is 1. The van der Waals surface area contributed by atoms with Crippen LogP contribution in [0.25, 0.3) is 0 Å². The van der Waals surface area contributed by atoms with E-state index in [0.717, 1.165) is 10.9 Å². The van der Waals surface area contributed by atoms with E-state index in [9.17, 15) is 0 Å². The lowest BCUT2D eigenvalue weighted by molar-refractivity contribution is 0.241. The van der Waals surface area contributed by atoms with Gasteiger partial charge in [0.15, 0.2) is 0 Å². The molecular weight excluding hydrogens is 254 g/mol. The van der Waals surface area contributed by atoms with Crippen molar-refractivity contribution in [2.45, 2.75) is 44.9 Å². The van der Waals surface area contributed by atoms with Crippen LogP contribution in [0.2, 0.25) is 5.02 Å². The largest absolute Gasteiger partial charge is 0.302 e. The highest BCUT2D eigenvalue weighted by Gasteiger charge is 2.48. The molecule has 0 unspecified atom stereocenters. The molecule has 1 aromatic rings. The Morgan fingerprint density at radius 3 is 2.95 bits per heavy atom. The quantitative estimate of drug-likeness (QED) is 0.774. The number of rotatable bonds is 2.